The van der Waals surface area contributed by atoms with Gasteiger partial charge in [-0.3, -0.25) is 19.3 Å². The van der Waals surface area contributed by atoms with Gasteiger partial charge in [-0.15, -0.1) is 11.3 Å². The lowest BCUT2D eigenvalue weighted by atomic mass is 9.91. The molecule has 0 bridgehead atoms. The second kappa shape index (κ2) is 18.0. The molecule has 0 aromatic carbocycles. The van der Waals surface area contributed by atoms with Gasteiger partial charge in [-0.05, 0) is 58.8 Å². The van der Waals surface area contributed by atoms with Gasteiger partial charge < -0.3 is 24.8 Å². The van der Waals surface area contributed by atoms with E-state index in [0.717, 1.165) is 37.0 Å². The number of aromatic carboxylic acids is 1. The number of esters is 1. The lowest BCUT2D eigenvalue weighted by Crippen LogP contribution is -2.62. The largest absolute Gasteiger partial charge is 0.476 e. The maximum absolute atomic E-state index is 14.8. The number of carboxylic acid groups (broad SMARTS) is 1. The van der Waals surface area contributed by atoms with E-state index >= 15 is 0 Å². The average Bonchev–Trinajstić information content (AvgIpc) is 3.65. The maximum Gasteiger partial charge on any atom is 0.411 e. The van der Waals surface area contributed by atoms with E-state index in [2.05, 4.69) is 17.2 Å². The van der Waals surface area contributed by atoms with Crippen LogP contribution in [0, 0.1) is 11.8 Å². The molecule has 3 amide bonds. The van der Waals surface area contributed by atoms with Gasteiger partial charge in [0.05, 0.1) is 0 Å². The summed E-state index contributed by atoms with van der Waals surface area (Å²) >= 11 is 1.10. The number of carboxylic acids is 1. The van der Waals surface area contributed by atoms with Gasteiger partial charge in [-0.2, -0.15) is 0 Å². The SMILES string of the molecule is CCCCCCN(C(=O)[C@@H](NC(=O)[C@@]1(C)CCCN1C(=O)OC(C)(C)C)[C@@H](C)CC)[C@H](C[C@@H](OC(C)=O)c1nc(C(=O)O)cs1)C(C)C. The molecular weight excluding hydrogens is 636 g/mol. The number of carbonyl (C=O) groups is 5. The first kappa shape index (κ1) is 41.0. The molecule has 0 saturated carbocycles. The van der Waals surface area contributed by atoms with Crippen LogP contribution in [0.4, 0.5) is 4.79 Å². The van der Waals surface area contributed by atoms with Crippen LogP contribution in [0.2, 0.25) is 0 Å². The summed E-state index contributed by atoms with van der Waals surface area (Å²) in [5, 5.41) is 14.3. The highest BCUT2D eigenvalue weighted by molar-refractivity contribution is 7.09. The van der Waals surface area contributed by atoms with E-state index in [0.29, 0.717) is 37.4 Å². The Morgan fingerprint density at radius 3 is 2.31 bits per heavy atom. The lowest BCUT2D eigenvalue weighted by molar-refractivity contribution is -0.150. The molecule has 0 aliphatic carbocycles. The number of thiazole rings is 1. The molecule has 48 heavy (non-hydrogen) atoms. The lowest BCUT2D eigenvalue weighted by Gasteiger charge is -2.41. The van der Waals surface area contributed by atoms with Crippen molar-refractivity contribution in [1.29, 1.82) is 0 Å². The number of aromatic nitrogens is 1. The van der Waals surface area contributed by atoms with Crippen molar-refractivity contribution >= 4 is 41.2 Å². The molecule has 1 aromatic heterocycles. The van der Waals surface area contributed by atoms with Crippen LogP contribution in [0.3, 0.4) is 0 Å². The Labute approximate surface area is 290 Å². The highest BCUT2D eigenvalue weighted by Gasteiger charge is 2.49. The molecule has 1 aliphatic heterocycles. The van der Waals surface area contributed by atoms with E-state index in [4.69, 9.17) is 9.47 Å². The van der Waals surface area contributed by atoms with Crippen LogP contribution in [0.1, 0.15) is 142 Å². The monoisotopic (exact) mass is 694 g/mol. The van der Waals surface area contributed by atoms with Gasteiger partial charge in [0.2, 0.25) is 11.8 Å². The number of nitrogens with one attached hydrogen (secondary N) is 1. The van der Waals surface area contributed by atoms with Crippen LogP contribution in [-0.2, 0) is 23.9 Å². The van der Waals surface area contributed by atoms with Crippen LogP contribution in [0.15, 0.2) is 5.38 Å². The number of likely N-dealkylation sites (tertiary alicyclic amines) is 1. The number of carbonyl (C=O) groups excluding carboxylic acids is 4. The number of rotatable bonds is 17. The van der Waals surface area contributed by atoms with Crippen molar-refractivity contribution in [2.45, 2.75) is 150 Å². The normalized spacial score (nSPS) is 18.9. The molecule has 1 fully saturated rings. The highest BCUT2D eigenvalue weighted by atomic mass is 32.1. The van der Waals surface area contributed by atoms with Crippen molar-refractivity contribution in [3.05, 3.63) is 16.1 Å². The summed E-state index contributed by atoms with van der Waals surface area (Å²) in [5.41, 5.74) is -2.06. The summed E-state index contributed by atoms with van der Waals surface area (Å²) in [4.78, 5) is 73.3. The van der Waals surface area contributed by atoms with E-state index in [1.807, 2.05) is 32.6 Å². The number of ether oxygens (including phenoxy) is 2. The van der Waals surface area contributed by atoms with E-state index in [1.54, 1.807) is 27.7 Å². The van der Waals surface area contributed by atoms with Crippen molar-refractivity contribution in [2.75, 3.05) is 13.1 Å². The van der Waals surface area contributed by atoms with Gasteiger partial charge in [0.15, 0.2) is 11.8 Å². The zero-order valence-electron chi connectivity index (χ0n) is 30.6. The minimum Gasteiger partial charge on any atom is -0.476 e. The van der Waals surface area contributed by atoms with Gasteiger partial charge in [-0.25, -0.2) is 14.6 Å². The first-order valence-corrected chi connectivity index (χ1v) is 18.2. The van der Waals surface area contributed by atoms with Gasteiger partial charge in [-0.1, -0.05) is 60.3 Å². The Morgan fingerprint density at radius 1 is 1.12 bits per heavy atom. The summed E-state index contributed by atoms with van der Waals surface area (Å²) in [7, 11) is 0. The minimum absolute atomic E-state index is 0.0830. The molecule has 0 unspecified atom stereocenters. The first-order valence-electron chi connectivity index (χ1n) is 17.3. The summed E-state index contributed by atoms with van der Waals surface area (Å²) in [6.07, 6.45) is 4.13. The Balaban J connectivity index is 2.50. The first-order chi connectivity index (χ1) is 22.4. The molecule has 1 aromatic rings. The third-order valence-electron chi connectivity index (χ3n) is 9.00. The third-order valence-corrected chi connectivity index (χ3v) is 9.93. The molecule has 1 aliphatic rings. The van der Waals surface area contributed by atoms with Crippen LogP contribution < -0.4 is 5.32 Å². The molecule has 0 spiro atoms. The van der Waals surface area contributed by atoms with E-state index < -0.39 is 53.3 Å². The summed E-state index contributed by atoms with van der Waals surface area (Å²) in [6.45, 7) is 19.1. The Bertz CT molecular complexity index is 1260. The fourth-order valence-corrected chi connectivity index (χ4v) is 6.86. The van der Waals surface area contributed by atoms with E-state index in [1.165, 1.54) is 17.2 Å². The number of nitrogens with zero attached hydrogens (tertiary/aromatic N) is 3. The van der Waals surface area contributed by atoms with Crippen LogP contribution in [0.5, 0.6) is 0 Å². The number of unbranched alkanes of at least 4 members (excludes halogenated alkanes) is 3. The molecule has 2 N–H and O–H groups in total. The topological polar surface area (TPSA) is 155 Å². The van der Waals surface area contributed by atoms with Crippen molar-refractivity contribution in [2.24, 2.45) is 11.8 Å². The summed E-state index contributed by atoms with van der Waals surface area (Å²) in [6, 6.07) is -1.30. The predicted molar refractivity (Wildman–Crippen MR) is 185 cm³/mol. The average molecular weight is 695 g/mol. The second-order valence-corrected chi connectivity index (χ2v) is 15.3. The van der Waals surface area contributed by atoms with Gasteiger partial charge in [0.25, 0.3) is 0 Å². The smallest absolute Gasteiger partial charge is 0.411 e. The van der Waals surface area contributed by atoms with E-state index in [9.17, 15) is 29.1 Å². The number of amides is 3. The molecule has 1 saturated heterocycles. The van der Waals surface area contributed by atoms with Crippen molar-refractivity contribution in [3.8, 4) is 0 Å². The number of hydrogen-bond donors (Lipinski definition) is 2. The van der Waals surface area contributed by atoms with Crippen molar-refractivity contribution in [1.82, 2.24) is 20.1 Å². The molecule has 2 rings (SSSR count). The third kappa shape index (κ3) is 11.2. The Morgan fingerprint density at radius 2 is 1.79 bits per heavy atom. The molecular formula is C35H58N4O8S. The maximum atomic E-state index is 14.8. The van der Waals surface area contributed by atoms with Crippen molar-refractivity contribution < 1.29 is 38.6 Å². The Kier molecular flexibility index (Phi) is 15.3. The van der Waals surface area contributed by atoms with Crippen LogP contribution in [0.25, 0.3) is 0 Å². The fraction of sp³-hybridized carbons (Fsp3) is 0.771. The molecule has 272 valence electrons. The zero-order valence-corrected chi connectivity index (χ0v) is 31.4. The van der Waals surface area contributed by atoms with Crippen LogP contribution in [-0.4, -0.2) is 86.0 Å². The van der Waals surface area contributed by atoms with Gasteiger partial charge >= 0.3 is 18.0 Å². The quantitative estimate of drug-likeness (QED) is 0.136. The zero-order chi connectivity index (χ0) is 36.4. The predicted octanol–water partition coefficient (Wildman–Crippen LogP) is 6.59. The Hall–Kier alpha value is -3.22. The minimum atomic E-state index is -1.19. The molecule has 5 atom stereocenters. The molecule has 2 heterocycles. The molecule has 0 radical (unpaired) electrons. The van der Waals surface area contributed by atoms with Gasteiger partial charge in [0, 0.05) is 37.9 Å². The molecule has 12 nitrogen and oxygen atoms in total. The van der Waals surface area contributed by atoms with Gasteiger partial charge in [0.1, 0.15) is 22.2 Å². The molecule has 13 heteroatoms. The second-order valence-electron chi connectivity index (χ2n) is 14.5. The standard InChI is InChI=1S/C35H58N4O8S/c1-11-13-14-15-18-38(26(22(3)4)20-27(46-24(6)40)29-36-25(21-48-29)31(42)43)30(41)28(23(5)12-2)37-32(44)35(10)17-16-19-39(35)33(45)47-34(7,8)9/h21-23,26-28H,11-20H2,1-10H3,(H,37,44)(H,42,43)/t23-,26+,27+,28-,35+/m0/s1. The number of hydrogen-bond acceptors (Lipinski definition) is 9. The fourth-order valence-electron chi connectivity index (χ4n) is 6.03. The highest BCUT2D eigenvalue weighted by Crippen LogP contribution is 2.34. The van der Waals surface area contributed by atoms with Crippen molar-refractivity contribution in [3.63, 3.8) is 0 Å². The van der Waals surface area contributed by atoms with Crippen LogP contribution >= 0.6 is 11.3 Å². The summed E-state index contributed by atoms with van der Waals surface area (Å²) < 4.78 is 11.3. The summed E-state index contributed by atoms with van der Waals surface area (Å²) in [5.74, 6) is -2.68. The van der Waals surface area contributed by atoms with E-state index in [-0.39, 0.29) is 29.9 Å².